The van der Waals surface area contributed by atoms with Crippen LogP contribution in [-0.2, 0) is 13.1 Å². The Morgan fingerprint density at radius 1 is 1.25 bits per heavy atom. The van der Waals surface area contributed by atoms with Crippen molar-refractivity contribution < 1.29 is 14.4 Å². The summed E-state index contributed by atoms with van der Waals surface area (Å²) in [7, 11) is 1.78. The Labute approximate surface area is 213 Å². The fourth-order valence-corrected chi connectivity index (χ4v) is 4.67. The minimum Gasteiger partial charge on any atom is -0.491 e. The van der Waals surface area contributed by atoms with Crippen LogP contribution in [0.4, 0.5) is 5.82 Å². The Morgan fingerprint density at radius 3 is 2.81 bits per heavy atom. The third-order valence-corrected chi connectivity index (χ3v) is 6.60. The first kappa shape index (κ1) is 24.2. The number of nitrogens with one attached hydrogen (secondary N) is 2. The average Bonchev–Trinajstić information content (AvgIpc) is 3.55. The normalized spacial score (nSPS) is 13.8. The molecule has 3 N–H and O–H groups in total. The van der Waals surface area contributed by atoms with Gasteiger partial charge in [0.15, 0.2) is 5.82 Å². The number of aryl methyl sites for hydroxylation is 2. The summed E-state index contributed by atoms with van der Waals surface area (Å²) in [5.41, 5.74) is 6.10. The number of aliphatic hydroxyl groups is 1. The molecule has 3 aromatic heterocycles. The smallest absolute Gasteiger partial charge is 0.163 e. The number of hydrogen-bond donors (Lipinski definition) is 3. The van der Waals surface area contributed by atoms with Gasteiger partial charge in [0.25, 0.3) is 0 Å². The summed E-state index contributed by atoms with van der Waals surface area (Å²) < 4.78 is 11.3. The van der Waals surface area contributed by atoms with E-state index in [2.05, 4.69) is 25.6 Å². The first-order valence-electron chi connectivity index (χ1n) is 11.7. The molecule has 1 unspecified atom stereocenters. The highest BCUT2D eigenvalue weighted by Crippen LogP contribution is 2.38. The number of fused-ring (bicyclic) bond motifs is 1. The lowest BCUT2D eigenvalue weighted by molar-refractivity contribution is 0.108. The molecule has 0 saturated heterocycles. The van der Waals surface area contributed by atoms with Crippen LogP contribution < -0.4 is 15.0 Å². The Bertz CT molecular complexity index is 1360. The molecule has 1 aliphatic rings. The number of ether oxygens (including phenoxy) is 1. The first-order valence-corrected chi connectivity index (χ1v) is 12.1. The standard InChI is InChI=1S/C25H28ClN7O3/c1-13-23(22-14(2)32-36-15(22)3)29-24(30-25(13)33-10-16-8-28-31-21(16)11-33)19-7-18(5-6-20(19)26)35-12-17(34)9-27-4/h5-8,17,27,34H,9-12H2,1-4H3,(H,28,31). The van der Waals surface area contributed by atoms with Crippen molar-refractivity contribution in [1.82, 2.24) is 30.6 Å². The number of aliphatic hydroxyl groups excluding tert-OH is 1. The molecule has 0 bridgehead atoms. The van der Waals surface area contributed by atoms with Crippen molar-refractivity contribution in [2.75, 3.05) is 25.1 Å². The quantitative estimate of drug-likeness (QED) is 0.326. The highest BCUT2D eigenvalue weighted by molar-refractivity contribution is 6.33. The SMILES string of the molecule is CNCC(O)COc1ccc(Cl)c(-c2nc(-c3c(C)noc3C)c(C)c(N3Cc4cn[nH]c4C3)n2)c1. The molecular weight excluding hydrogens is 482 g/mol. The van der Waals surface area contributed by atoms with Crippen LogP contribution in [0.2, 0.25) is 5.02 Å². The van der Waals surface area contributed by atoms with E-state index in [1.165, 1.54) is 0 Å². The second kappa shape index (κ2) is 9.88. The van der Waals surface area contributed by atoms with Crippen LogP contribution in [0.5, 0.6) is 5.75 Å². The van der Waals surface area contributed by atoms with Gasteiger partial charge in [0.1, 0.15) is 30.0 Å². The second-order valence-corrected chi connectivity index (χ2v) is 9.34. The van der Waals surface area contributed by atoms with Gasteiger partial charge in [-0.15, -0.1) is 0 Å². The molecule has 10 nitrogen and oxygen atoms in total. The summed E-state index contributed by atoms with van der Waals surface area (Å²) >= 11 is 6.64. The van der Waals surface area contributed by atoms with E-state index >= 15 is 0 Å². The Morgan fingerprint density at radius 2 is 2.08 bits per heavy atom. The molecular formula is C25H28ClN7O3. The number of H-pyrrole nitrogens is 1. The number of halogens is 1. The molecule has 11 heteroatoms. The van der Waals surface area contributed by atoms with Crippen molar-refractivity contribution in [2.45, 2.75) is 40.0 Å². The van der Waals surface area contributed by atoms with Crippen LogP contribution in [0.3, 0.4) is 0 Å². The van der Waals surface area contributed by atoms with Gasteiger partial charge >= 0.3 is 0 Å². The largest absolute Gasteiger partial charge is 0.491 e. The average molecular weight is 510 g/mol. The first-order chi connectivity index (χ1) is 17.4. The van der Waals surface area contributed by atoms with E-state index in [9.17, 15) is 5.11 Å². The van der Waals surface area contributed by atoms with Gasteiger partial charge < -0.3 is 24.6 Å². The highest BCUT2D eigenvalue weighted by atomic mass is 35.5. The van der Waals surface area contributed by atoms with E-state index < -0.39 is 6.10 Å². The van der Waals surface area contributed by atoms with E-state index in [-0.39, 0.29) is 6.61 Å². The van der Waals surface area contributed by atoms with Gasteiger partial charge in [-0.05, 0) is 46.0 Å². The number of anilines is 1. The summed E-state index contributed by atoms with van der Waals surface area (Å²) in [4.78, 5) is 12.1. The molecule has 0 aliphatic carbocycles. The maximum atomic E-state index is 10.0. The highest BCUT2D eigenvalue weighted by Gasteiger charge is 2.28. The lowest BCUT2D eigenvalue weighted by Gasteiger charge is -2.22. The topological polar surface area (TPSA) is 125 Å². The van der Waals surface area contributed by atoms with E-state index in [1.807, 2.05) is 27.0 Å². The zero-order chi connectivity index (χ0) is 25.4. The third-order valence-electron chi connectivity index (χ3n) is 6.27. The van der Waals surface area contributed by atoms with E-state index in [1.54, 1.807) is 25.2 Å². The minimum absolute atomic E-state index is 0.145. The molecule has 0 spiro atoms. The van der Waals surface area contributed by atoms with Gasteiger partial charge in [0.2, 0.25) is 0 Å². The molecule has 0 amide bonds. The van der Waals surface area contributed by atoms with Gasteiger partial charge in [-0.25, -0.2) is 9.97 Å². The van der Waals surface area contributed by atoms with Crippen LogP contribution in [-0.4, -0.2) is 56.7 Å². The maximum Gasteiger partial charge on any atom is 0.163 e. The predicted octanol–water partition coefficient (Wildman–Crippen LogP) is 3.58. The number of likely N-dealkylation sites (N-methyl/N-ethyl adjacent to an activating group) is 1. The Kier molecular flexibility index (Phi) is 6.65. The summed E-state index contributed by atoms with van der Waals surface area (Å²) in [6.07, 6.45) is 1.21. The lowest BCUT2D eigenvalue weighted by Crippen LogP contribution is -2.29. The number of aromatic amines is 1. The zero-order valence-electron chi connectivity index (χ0n) is 20.6. The van der Waals surface area contributed by atoms with Crippen LogP contribution in [0.15, 0.2) is 28.9 Å². The number of hydrogen-bond acceptors (Lipinski definition) is 9. The van der Waals surface area contributed by atoms with E-state index in [4.69, 9.17) is 30.8 Å². The van der Waals surface area contributed by atoms with Gasteiger partial charge in [0, 0.05) is 29.8 Å². The van der Waals surface area contributed by atoms with Crippen LogP contribution in [0, 0.1) is 20.8 Å². The van der Waals surface area contributed by atoms with E-state index in [0.717, 1.165) is 39.6 Å². The Balaban J connectivity index is 1.59. The van der Waals surface area contributed by atoms with Crippen molar-refractivity contribution in [2.24, 2.45) is 0 Å². The van der Waals surface area contributed by atoms with Gasteiger partial charge in [-0.1, -0.05) is 16.8 Å². The van der Waals surface area contributed by atoms with Crippen LogP contribution >= 0.6 is 11.6 Å². The van der Waals surface area contributed by atoms with E-state index in [0.29, 0.717) is 47.6 Å². The molecule has 36 heavy (non-hydrogen) atoms. The summed E-state index contributed by atoms with van der Waals surface area (Å²) in [5.74, 6) is 2.51. The zero-order valence-corrected chi connectivity index (χ0v) is 21.3. The molecule has 0 radical (unpaired) electrons. The third kappa shape index (κ3) is 4.55. The molecule has 1 aromatic carbocycles. The fourth-order valence-electron chi connectivity index (χ4n) is 4.46. The molecule has 4 heterocycles. The molecule has 188 valence electrons. The second-order valence-electron chi connectivity index (χ2n) is 8.94. The van der Waals surface area contributed by atoms with Gasteiger partial charge in [0.05, 0.1) is 40.4 Å². The summed E-state index contributed by atoms with van der Waals surface area (Å²) in [5, 5.41) is 24.8. The van der Waals surface area contributed by atoms with Gasteiger partial charge in [-0.2, -0.15) is 5.10 Å². The number of aromatic nitrogens is 5. The molecule has 1 atom stereocenters. The molecule has 5 rings (SSSR count). The maximum absolute atomic E-state index is 10.0. The lowest BCUT2D eigenvalue weighted by atomic mass is 10.0. The van der Waals surface area contributed by atoms with Crippen molar-refractivity contribution in [3.05, 3.63) is 57.7 Å². The van der Waals surface area contributed by atoms with Crippen molar-refractivity contribution >= 4 is 17.4 Å². The fraction of sp³-hybridized carbons (Fsp3) is 0.360. The molecule has 0 fully saturated rings. The monoisotopic (exact) mass is 509 g/mol. The Hall–Kier alpha value is -3.47. The van der Waals surface area contributed by atoms with Crippen LogP contribution in [0.25, 0.3) is 22.6 Å². The minimum atomic E-state index is -0.635. The number of rotatable bonds is 8. The van der Waals surface area contributed by atoms with Gasteiger partial charge in [-0.3, -0.25) is 5.10 Å². The van der Waals surface area contributed by atoms with Crippen LogP contribution in [0.1, 0.15) is 28.3 Å². The molecule has 0 saturated carbocycles. The summed E-state index contributed by atoms with van der Waals surface area (Å²) in [6, 6.07) is 5.32. The van der Waals surface area contributed by atoms with Crippen molar-refractivity contribution in [3.63, 3.8) is 0 Å². The predicted molar refractivity (Wildman–Crippen MR) is 136 cm³/mol. The number of benzene rings is 1. The van der Waals surface area contributed by atoms with Crippen molar-refractivity contribution in [3.8, 4) is 28.4 Å². The molecule has 4 aromatic rings. The summed E-state index contributed by atoms with van der Waals surface area (Å²) in [6.45, 7) is 7.70. The molecule has 1 aliphatic heterocycles. The van der Waals surface area contributed by atoms with Crippen molar-refractivity contribution in [1.29, 1.82) is 0 Å². The number of nitrogens with zero attached hydrogens (tertiary/aromatic N) is 5.